The van der Waals surface area contributed by atoms with Crippen LogP contribution in [-0.4, -0.2) is 39.0 Å². The topological polar surface area (TPSA) is 87.6 Å². The first kappa shape index (κ1) is 15.1. The van der Waals surface area contributed by atoms with Gasteiger partial charge in [-0.15, -0.1) is 0 Å². The minimum Gasteiger partial charge on any atom is -0.312 e. The highest BCUT2D eigenvalue weighted by atomic mass is 16.2. The molecule has 126 valence electrons. The van der Waals surface area contributed by atoms with Gasteiger partial charge >= 0.3 is 0 Å². The number of hydrogen-bond acceptors (Lipinski definition) is 4. The van der Waals surface area contributed by atoms with E-state index in [1.165, 1.54) is 18.4 Å². The van der Waals surface area contributed by atoms with E-state index in [9.17, 15) is 4.79 Å². The number of carbonyl (C=O) groups excluding carboxylic acids is 1. The van der Waals surface area contributed by atoms with Gasteiger partial charge in [-0.3, -0.25) is 14.6 Å². The molecule has 1 aliphatic heterocycles. The molecular formula is C17H22N6O. The van der Waals surface area contributed by atoms with Crippen molar-refractivity contribution in [2.45, 2.75) is 38.1 Å². The van der Waals surface area contributed by atoms with Gasteiger partial charge in [0.1, 0.15) is 6.04 Å². The minimum atomic E-state index is -0.392. The summed E-state index contributed by atoms with van der Waals surface area (Å²) >= 11 is 0. The molecule has 7 heteroatoms. The van der Waals surface area contributed by atoms with Crippen molar-refractivity contribution < 1.29 is 4.79 Å². The second kappa shape index (κ2) is 6.24. The molecule has 1 saturated carbocycles. The summed E-state index contributed by atoms with van der Waals surface area (Å²) < 4.78 is 1.70. The van der Waals surface area contributed by atoms with Crippen molar-refractivity contribution >= 4 is 17.3 Å². The average Bonchev–Trinajstić information content (AvgIpc) is 3.16. The Bertz CT molecular complexity index is 770. The van der Waals surface area contributed by atoms with Gasteiger partial charge in [-0.1, -0.05) is 6.08 Å². The fourth-order valence-corrected chi connectivity index (χ4v) is 2.93. The largest absolute Gasteiger partial charge is 0.312 e. The van der Waals surface area contributed by atoms with Crippen LogP contribution in [0.3, 0.4) is 0 Å². The Kier molecular flexibility index (Phi) is 3.93. The maximum Gasteiger partial charge on any atom is 0.250 e. The number of H-pyrrole nitrogens is 1. The molecule has 2 aromatic rings. The predicted molar refractivity (Wildman–Crippen MR) is 91.6 cm³/mol. The summed E-state index contributed by atoms with van der Waals surface area (Å²) in [5.41, 5.74) is 3.41. The van der Waals surface area contributed by atoms with Crippen LogP contribution in [0.1, 0.15) is 49.4 Å². The fraction of sp³-hybridized carbons (Fsp3) is 0.471. The van der Waals surface area contributed by atoms with Crippen LogP contribution in [-0.2, 0) is 4.79 Å². The highest BCUT2D eigenvalue weighted by Gasteiger charge is 2.26. The van der Waals surface area contributed by atoms with E-state index in [-0.39, 0.29) is 5.91 Å². The number of aromatic amines is 1. The zero-order valence-corrected chi connectivity index (χ0v) is 13.7. The predicted octanol–water partition coefficient (Wildman–Crippen LogP) is 2.06. The van der Waals surface area contributed by atoms with Crippen molar-refractivity contribution in [3.05, 3.63) is 35.8 Å². The number of hydrogen-bond donors (Lipinski definition) is 3. The summed E-state index contributed by atoms with van der Waals surface area (Å²) in [5.74, 6) is 1.06. The monoisotopic (exact) mass is 326 g/mol. The Morgan fingerprint density at radius 3 is 3.08 bits per heavy atom. The molecule has 4 rings (SSSR count). The SMILES string of the molecule is CC(C(=O)Nc1cc(C2CC2)[nH]n1)n1cc(C2=CCCNC2)cn1. The summed E-state index contributed by atoms with van der Waals surface area (Å²) in [5, 5.41) is 17.7. The van der Waals surface area contributed by atoms with Crippen molar-refractivity contribution in [3.8, 4) is 0 Å². The van der Waals surface area contributed by atoms with Crippen LogP contribution >= 0.6 is 0 Å². The molecule has 2 aliphatic rings. The first-order valence-electron chi connectivity index (χ1n) is 8.51. The van der Waals surface area contributed by atoms with Crippen molar-refractivity contribution in [2.75, 3.05) is 18.4 Å². The summed E-state index contributed by atoms with van der Waals surface area (Å²) in [6.07, 6.45) is 9.41. The first-order chi connectivity index (χ1) is 11.7. The molecule has 0 aromatic carbocycles. The van der Waals surface area contributed by atoms with Gasteiger partial charge in [0.2, 0.25) is 5.91 Å². The standard InChI is InChI=1S/C17H22N6O/c1-11(17(24)20-16-7-15(21-22-16)12-4-5-12)23-10-14(9-19-23)13-3-2-6-18-8-13/h3,7,9-12,18H,2,4-6,8H2,1H3,(H2,20,21,22,24). The van der Waals surface area contributed by atoms with Gasteiger partial charge in [-0.05, 0) is 38.3 Å². The highest BCUT2D eigenvalue weighted by molar-refractivity contribution is 5.92. The van der Waals surface area contributed by atoms with E-state index in [1.807, 2.05) is 25.4 Å². The molecule has 1 aliphatic carbocycles. The van der Waals surface area contributed by atoms with Gasteiger partial charge in [-0.2, -0.15) is 10.2 Å². The minimum absolute atomic E-state index is 0.116. The van der Waals surface area contributed by atoms with Crippen LogP contribution in [0.25, 0.3) is 5.57 Å². The van der Waals surface area contributed by atoms with E-state index in [1.54, 1.807) is 4.68 Å². The van der Waals surface area contributed by atoms with E-state index in [4.69, 9.17) is 0 Å². The molecule has 0 bridgehead atoms. The highest BCUT2D eigenvalue weighted by Crippen LogP contribution is 2.39. The molecule has 1 atom stereocenters. The molecule has 2 aromatic heterocycles. The van der Waals surface area contributed by atoms with E-state index in [0.29, 0.717) is 11.7 Å². The third-order valence-electron chi connectivity index (χ3n) is 4.64. The van der Waals surface area contributed by atoms with Gasteiger partial charge in [0.05, 0.1) is 6.20 Å². The summed E-state index contributed by atoms with van der Waals surface area (Å²) in [6, 6.07) is 1.53. The molecular weight excluding hydrogens is 304 g/mol. The molecule has 1 fully saturated rings. The molecule has 1 amide bonds. The van der Waals surface area contributed by atoms with Gasteiger partial charge in [0.25, 0.3) is 0 Å². The van der Waals surface area contributed by atoms with Crippen LogP contribution < -0.4 is 10.6 Å². The molecule has 1 unspecified atom stereocenters. The van der Waals surface area contributed by atoms with E-state index < -0.39 is 6.04 Å². The third kappa shape index (κ3) is 3.12. The number of carbonyl (C=O) groups is 1. The molecule has 0 saturated heterocycles. The summed E-state index contributed by atoms with van der Waals surface area (Å²) in [6.45, 7) is 3.71. The van der Waals surface area contributed by atoms with Crippen molar-refractivity contribution in [3.63, 3.8) is 0 Å². The number of rotatable bonds is 5. The number of anilines is 1. The van der Waals surface area contributed by atoms with Crippen LogP contribution in [0.15, 0.2) is 24.5 Å². The number of nitrogens with one attached hydrogen (secondary N) is 3. The number of aromatic nitrogens is 4. The zero-order chi connectivity index (χ0) is 16.5. The van der Waals surface area contributed by atoms with Gasteiger partial charge < -0.3 is 10.6 Å². The van der Waals surface area contributed by atoms with Crippen LogP contribution in [0, 0.1) is 0 Å². The van der Waals surface area contributed by atoms with Crippen LogP contribution in [0.2, 0.25) is 0 Å². The quantitative estimate of drug-likeness (QED) is 0.785. The Morgan fingerprint density at radius 1 is 1.46 bits per heavy atom. The third-order valence-corrected chi connectivity index (χ3v) is 4.64. The first-order valence-corrected chi connectivity index (χ1v) is 8.51. The van der Waals surface area contributed by atoms with Gasteiger partial charge in [0.15, 0.2) is 5.82 Å². The van der Waals surface area contributed by atoms with E-state index in [2.05, 4.69) is 32.0 Å². The van der Waals surface area contributed by atoms with Crippen molar-refractivity contribution in [1.29, 1.82) is 0 Å². The Hall–Kier alpha value is -2.41. The lowest BCUT2D eigenvalue weighted by molar-refractivity contribution is -0.119. The Balaban J connectivity index is 1.42. The van der Waals surface area contributed by atoms with Gasteiger partial charge in [-0.25, -0.2) is 0 Å². The second-order valence-corrected chi connectivity index (χ2v) is 6.55. The molecule has 7 nitrogen and oxygen atoms in total. The smallest absolute Gasteiger partial charge is 0.250 e. The fourth-order valence-electron chi connectivity index (χ4n) is 2.93. The second-order valence-electron chi connectivity index (χ2n) is 6.55. The summed E-state index contributed by atoms with van der Waals surface area (Å²) in [7, 11) is 0. The lowest BCUT2D eigenvalue weighted by atomic mass is 10.1. The lowest BCUT2D eigenvalue weighted by Gasteiger charge is -2.13. The maximum atomic E-state index is 12.4. The molecule has 0 spiro atoms. The van der Waals surface area contributed by atoms with Crippen molar-refractivity contribution in [2.24, 2.45) is 0 Å². The van der Waals surface area contributed by atoms with Crippen LogP contribution in [0.4, 0.5) is 5.82 Å². The zero-order valence-electron chi connectivity index (χ0n) is 13.7. The average molecular weight is 326 g/mol. The van der Waals surface area contributed by atoms with E-state index >= 15 is 0 Å². The maximum absolute atomic E-state index is 12.4. The normalized spacial score (nSPS) is 19.0. The lowest BCUT2D eigenvalue weighted by Crippen LogP contribution is -2.24. The molecule has 24 heavy (non-hydrogen) atoms. The number of amides is 1. The Labute approximate surface area is 140 Å². The molecule has 3 N–H and O–H groups in total. The van der Waals surface area contributed by atoms with Crippen LogP contribution in [0.5, 0.6) is 0 Å². The summed E-state index contributed by atoms with van der Waals surface area (Å²) in [4.78, 5) is 12.4. The molecule has 0 radical (unpaired) electrons. The Morgan fingerprint density at radius 2 is 2.33 bits per heavy atom. The number of nitrogens with zero attached hydrogens (tertiary/aromatic N) is 3. The molecule has 3 heterocycles. The van der Waals surface area contributed by atoms with E-state index in [0.717, 1.165) is 30.8 Å². The van der Waals surface area contributed by atoms with Crippen molar-refractivity contribution in [1.82, 2.24) is 25.3 Å². The van der Waals surface area contributed by atoms with Gasteiger partial charge in [0, 0.05) is 36.0 Å².